The van der Waals surface area contributed by atoms with Crippen molar-refractivity contribution in [2.45, 2.75) is 19.8 Å². The minimum atomic E-state index is -3.48. The Kier molecular flexibility index (Phi) is 4.54. The summed E-state index contributed by atoms with van der Waals surface area (Å²) in [6.07, 6.45) is 1.39. The molecule has 0 spiro atoms. The van der Waals surface area contributed by atoms with E-state index in [1.54, 1.807) is 0 Å². The molecule has 1 aliphatic rings. The lowest BCUT2D eigenvalue weighted by Crippen LogP contribution is -2.36. The summed E-state index contributed by atoms with van der Waals surface area (Å²) in [5.74, 6) is 0.713. The van der Waals surface area contributed by atoms with Crippen molar-refractivity contribution in [2.24, 2.45) is 3.77 Å². The van der Waals surface area contributed by atoms with Crippen molar-refractivity contribution in [2.75, 3.05) is 30.3 Å². The predicted octanol–water partition coefficient (Wildman–Crippen LogP) is 0.188. The zero-order valence-corrected chi connectivity index (χ0v) is 10.6. The summed E-state index contributed by atoms with van der Waals surface area (Å²) in [6, 6.07) is 0. The zero-order valence-electron chi connectivity index (χ0n) is 8.94. The van der Waals surface area contributed by atoms with Gasteiger partial charge in [-0.1, -0.05) is 13.3 Å². The molecule has 0 aromatic heterocycles. The molecule has 0 radical (unpaired) electrons. The van der Waals surface area contributed by atoms with E-state index < -0.39 is 19.8 Å². The highest BCUT2D eigenvalue weighted by Gasteiger charge is 2.18. The van der Waals surface area contributed by atoms with Crippen LogP contribution in [0, 0.1) is 0 Å². The molecule has 1 fully saturated rings. The lowest BCUT2D eigenvalue weighted by Gasteiger charge is -2.16. The van der Waals surface area contributed by atoms with E-state index in [2.05, 4.69) is 9.08 Å². The predicted molar refractivity (Wildman–Crippen MR) is 61.9 cm³/mol. The molecule has 0 atom stereocenters. The van der Waals surface area contributed by atoms with E-state index in [-0.39, 0.29) is 5.75 Å². The molecule has 1 N–H and O–H groups in total. The van der Waals surface area contributed by atoms with Crippen LogP contribution in [0.1, 0.15) is 19.8 Å². The molecule has 7 heteroatoms. The zero-order chi connectivity index (χ0) is 11.4. The standard InChI is InChI=1S/C8H18N2O3S2/c1-2-3-6-15(12,13)10-14(11)7-4-9-5-8-14/h9H,2-8H2,1H3. The van der Waals surface area contributed by atoms with E-state index in [4.69, 9.17) is 0 Å². The van der Waals surface area contributed by atoms with Crippen molar-refractivity contribution in [3.8, 4) is 0 Å². The van der Waals surface area contributed by atoms with Gasteiger partial charge in [-0.3, -0.25) is 0 Å². The highest BCUT2D eigenvalue weighted by molar-refractivity contribution is 8.03. The Labute approximate surface area is 91.9 Å². The van der Waals surface area contributed by atoms with Crippen molar-refractivity contribution in [1.29, 1.82) is 0 Å². The molecule has 1 rings (SSSR count). The molecule has 0 aliphatic carbocycles. The third kappa shape index (κ3) is 4.48. The molecule has 0 saturated carbocycles. The van der Waals surface area contributed by atoms with Crippen LogP contribution >= 0.6 is 0 Å². The Balaban J connectivity index is 2.80. The second-order valence-electron chi connectivity index (χ2n) is 3.64. The highest BCUT2D eigenvalue weighted by Crippen LogP contribution is 2.07. The summed E-state index contributed by atoms with van der Waals surface area (Å²) in [4.78, 5) is 0. The summed E-state index contributed by atoms with van der Waals surface area (Å²) in [7, 11) is -5.98. The van der Waals surface area contributed by atoms with Gasteiger partial charge in [-0.15, -0.1) is 3.77 Å². The molecule has 1 saturated heterocycles. The van der Waals surface area contributed by atoms with Gasteiger partial charge in [0, 0.05) is 24.6 Å². The minimum absolute atomic E-state index is 0.0217. The van der Waals surface area contributed by atoms with Crippen LogP contribution < -0.4 is 5.32 Å². The van der Waals surface area contributed by atoms with Gasteiger partial charge in [0.05, 0.1) is 15.5 Å². The second-order valence-corrected chi connectivity index (χ2v) is 8.17. The van der Waals surface area contributed by atoms with Gasteiger partial charge in [-0.25, -0.2) is 12.6 Å². The quantitative estimate of drug-likeness (QED) is 0.777. The van der Waals surface area contributed by atoms with Gasteiger partial charge in [-0.2, -0.15) is 0 Å². The van der Waals surface area contributed by atoms with Crippen LogP contribution in [0.2, 0.25) is 0 Å². The molecule has 1 aliphatic heterocycles. The Bertz CT molecular complexity index is 396. The SMILES string of the molecule is CCCCS(=O)(=O)N=S1(=O)CCNCC1. The lowest BCUT2D eigenvalue weighted by atomic mass is 10.4. The van der Waals surface area contributed by atoms with E-state index in [0.717, 1.165) is 6.42 Å². The summed E-state index contributed by atoms with van der Waals surface area (Å²) in [5.41, 5.74) is 0. The molecule has 5 nitrogen and oxygen atoms in total. The van der Waals surface area contributed by atoms with Gasteiger partial charge >= 0.3 is 0 Å². The number of rotatable bonds is 4. The average molecular weight is 254 g/mol. The van der Waals surface area contributed by atoms with Crippen LogP contribution in [0.5, 0.6) is 0 Å². The molecule has 90 valence electrons. The van der Waals surface area contributed by atoms with Gasteiger partial charge in [-0.05, 0) is 6.42 Å². The molecule has 0 aromatic rings. The number of hydrogen-bond acceptors (Lipinski definition) is 4. The second kappa shape index (κ2) is 5.27. The molecule has 0 bridgehead atoms. The Morgan fingerprint density at radius 1 is 1.33 bits per heavy atom. The van der Waals surface area contributed by atoms with Crippen molar-refractivity contribution < 1.29 is 12.6 Å². The molecule has 1 heterocycles. The molecular weight excluding hydrogens is 236 g/mol. The van der Waals surface area contributed by atoms with Gasteiger partial charge in [0.25, 0.3) is 10.0 Å². The maximum atomic E-state index is 12.0. The van der Waals surface area contributed by atoms with Crippen LogP contribution in [-0.2, 0) is 19.8 Å². The molecule has 0 unspecified atom stereocenters. The monoisotopic (exact) mass is 254 g/mol. The first-order chi connectivity index (χ1) is 6.97. The van der Waals surface area contributed by atoms with Gasteiger partial charge in [0.1, 0.15) is 0 Å². The van der Waals surface area contributed by atoms with Crippen LogP contribution in [0.4, 0.5) is 0 Å². The van der Waals surface area contributed by atoms with Crippen LogP contribution in [0.15, 0.2) is 3.77 Å². The Morgan fingerprint density at radius 3 is 2.47 bits per heavy atom. The average Bonchev–Trinajstić information content (AvgIpc) is 2.14. The smallest absolute Gasteiger partial charge is 0.260 e. The van der Waals surface area contributed by atoms with Crippen LogP contribution in [-0.4, -0.2) is 43.0 Å². The summed E-state index contributed by atoms with van der Waals surface area (Å²) in [6.45, 7) is 3.09. The number of sulfonamides is 1. The largest absolute Gasteiger partial charge is 0.315 e. The first-order valence-electron chi connectivity index (χ1n) is 5.15. The van der Waals surface area contributed by atoms with E-state index in [9.17, 15) is 12.6 Å². The fourth-order valence-electron chi connectivity index (χ4n) is 1.34. The Hall–Kier alpha value is -0.140. The first-order valence-corrected chi connectivity index (χ1v) is 8.61. The normalized spacial score (nSPS) is 21.1. The minimum Gasteiger partial charge on any atom is -0.315 e. The fourth-order valence-corrected chi connectivity index (χ4v) is 5.67. The summed E-state index contributed by atoms with van der Waals surface area (Å²) in [5, 5.41) is 3.03. The summed E-state index contributed by atoms with van der Waals surface area (Å²) >= 11 is 0. The van der Waals surface area contributed by atoms with Gasteiger partial charge < -0.3 is 5.32 Å². The highest BCUT2D eigenvalue weighted by atomic mass is 32.3. The number of hydrogen-bond donors (Lipinski definition) is 1. The fraction of sp³-hybridized carbons (Fsp3) is 1.00. The van der Waals surface area contributed by atoms with Crippen molar-refractivity contribution in [3.05, 3.63) is 0 Å². The van der Waals surface area contributed by atoms with Crippen LogP contribution in [0.3, 0.4) is 0 Å². The lowest BCUT2D eigenvalue weighted by molar-refractivity contribution is 0.594. The molecular formula is C8H18N2O3S2. The van der Waals surface area contributed by atoms with Crippen molar-refractivity contribution in [1.82, 2.24) is 5.32 Å². The van der Waals surface area contributed by atoms with E-state index in [0.29, 0.717) is 31.0 Å². The molecule has 0 aromatic carbocycles. The van der Waals surface area contributed by atoms with Gasteiger partial charge in [0.2, 0.25) is 0 Å². The third-order valence-electron chi connectivity index (χ3n) is 2.20. The Morgan fingerprint density at radius 2 is 1.93 bits per heavy atom. The maximum Gasteiger partial charge on any atom is 0.260 e. The number of nitrogens with one attached hydrogen (secondary N) is 1. The van der Waals surface area contributed by atoms with Crippen molar-refractivity contribution in [3.63, 3.8) is 0 Å². The van der Waals surface area contributed by atoms with Crippen molar-refractivity contribution >= 4 is 19.8 Å². The van der Waals surface area contributed by atoms with Crippen LogP contribution in [0.25, 0.3) is 0 Å². The first kappa shape index (κ1) is 12.9. The van der Waals surface area contributed by atoms with E-state index in [1.165, 1.54) is 0 Å². The molecule has 0 amide bonds. The van der Waals surface area contributed by atoms with E-state index in [1.807, 2.05) is 6.92 Å². The molecule has 15 heavy (non-hydrogen) atoms. The third-order valence-corrected chi connectivity index (χ3v) is 6.68. The number of nitrogens with zero attached hydrogens (tertiary/aromatic N) is 1. The van der Waals surface area contributed by atoms with E-state index >= 15 is 0 Å². The number of unbranched alkanes of at least 4 members (excludes halogenated alkanes) is 1. The topological polar surface area (TPSA) is 75.6 Å². The summed E-state index contributed by atoms with van der Waals surface area (Å²) < 4.78 is 38.6. The van der Waals surface area contributed by atoms with Gasteiger partial charge in [0.15, 0.2) is 0 Å². The maximum absolute atomic E-state index is 12.0.